The van der Waals surface area contributed by atoms with Gasteiger partial charge in [-0.15, -0.1) is 10.2 Å². The Hall–Kier alpha value is -2.37. The molecule has 0 aliphatic rings. The zero-order valence-corrected chi connectivity index (χ0v) is 12.7. The number of rotatable bonds is 6. The first-order valence-electron chi connectivity index (χ1n) is 7.05. The zero-order chi connectivity index (χ0) is 15.2. The van der Waals surface area contributed by atoms with Crippen LogP contribution in [0.25, 0.3) is 0 Å². The molecule has 1 amide bonds. The van der Waals surface area contributed by atoms with Crippen molar-refractivity contribution in [3.05, 3.63) is 42.5 Å². The van der Waals surface area contributed by atoms with Gasteiger partial charge in [-0.3, -0.25) is 4.79 Å². The van der Waals surface area contributed by atoms with Gasteiger partial charge < -0.3 is 14.8 Å². The number of nitrogens with one attached hydrogen (secondary N) is 1. The minimum absolute atomic E-state index is 0.0313. The largest absolute Gasteiger partial charge is 0.363 e. The van der Waals surface area contributed by atoms with Crippen molar-refractivity contribution in [2.45, 2.75) is 19.9 Å². The fourth-order valence-electron chi connectivity index (χ4n) is 2.23. The Balaban J connectivity index is 1.96. The summed E-state index contributed by atoms with van der Waals surface area (Å²) in [4.78, 5) is 14.2. The lowest BCUT2D eigenvalue weighted by Gasteiger charge is -2.23. The van der Waals surface area contributed by atoms with E-state index in [1.54, 1.807) is 10.9 Å². The first-order chi connectivity index (χ1) is 10.1. The highest BCUT2D eigenvalue weighted by molar-refractivity contribution is 5.81. The standard InChI is InChI=1S/C15H21N5O/c1-4-20(13-8-6-5-7-9-13)10-14(21)17-12(2)15-18-16-11-19(15)3/h5-9,11-12H,4,10H2,1-3H3,(H,17,21)/t12-/m1/s1. The highest BCUT2D eigenvalue weighted by atomic mass is 16.2. The second kappa shape index (κ2) is 6.88. The first-order valence-corrected chi connectivity index (χ1v) is 7.05. The van der Waals surface area contributed by atoms with Crippen LogP contribution in [-0.2, 0) is 11.8 Å². The van der Waals surface area contributed by atoms with Crippen LogP contribution in [0, 0.1) is 0 Å². The number of aryl methyl sites for hydroxylation is 1. The monoisotopic (exact) mass is 287 g/mol. The molecule has 0 bridgehead atoms. The lowest BCUT2D eigenvalue weighted by atomic mass is 10.2. The number of carbonyl (C=O) groups is 1. The van der Waals surface area contributed by atoms with E-state index < -0.39 is 0 Å². The zero-order valence-electron chi connectivity index (χ0n) is 12.7. The smallest absolute Gasteiger partial charge is 0.240 e. The maximum Gasteiger partial charge on any atom is 0.240 e. The van der Waals surface area contributed by atoms with Crippen LogP contribution < -0.4 is 10.2 Å². The minimum Gasteiger partial charge on any atom is -0.363 e. The van der Waals surface area contributed by atoms with Crippen LogP contribution in [0.1, 0.15) is 25.7 Å². The van der Waals surface area contributed by atoms with Crippen molar-refractivity contribution in [1.82, 2.24) is 20.1 Å². The molecule has 1 heterocycles. The second-order valence-electron chi connectivity index (χ2n) is 4.94. The molecule has 6 heteroatoms. The van der Waals surface area contributed by atoms with Gasteiger partial charge in [0.05, 0.1) is 12.6 Å². The van der Waals surface area contributed by atoms with E-state index in [0.29, 0.717) is 6.54 Å². The molecular weight excluding hydrogens is 266 g/mol. The topological polar surface area (TPSA) is 63.1 Å². The molecule has 6 nitrogen and oxygen atoms in total. The van der Waals surface area contributed by atoms with Crippen LogP contribution in [0.15, 0.2) is 36.7 Å². The van der Waals surface area contributed by atoms with Gasteiger partial charge in [0, 0.05) is 19.3 Å². The molecule has 0 radical (unpaired) electrons. The van der Waals surface area contributed by atoms with Crippen LogP contribution in [0.2, 0.25) is 0 Å². The molecule has 0 spiro atoms. The van der Waals surface area contributed by atoms with Gasteiger partial charge in [-0.1, -0.05) is 18.2 Å². The fraction of sp³-hybridized carbons (Fsp3) is 0.400. The first kappa shape index (κ1) is 15.0. The third-order valence-electron chi connectivity index (χ3n) is 3.35. The number of para-hydroxylation sites is 1. The molecule has 1 N–H and O–H groups in total. The minimum atomic E-state index is -0.167. The van der Waals surface area contributed by atoms with Crippen LogP contribution >= 0.6 is 0 Å². The highest BCUT2D eigenvalue weighted by Crippen LogP contribution is 2.13. The second-order valence-corrected chi connectivity index (χ2v) is 4.94. The molecule has 112 valence electrons. The molecule has 1 atom stereocenters. The molecule has 0 aliphatic carbocycles. The van der Waals surface area contributed by atoms with Gasteiger partial charge in [-0.25, -0.2) is 0 Å². The van der Waals surface area contributed by atoms with Gasteiger partial charge in [0.1, 0.15) is 6.33 Å². The summed E-state index contributed by atoms with van der Waals surface area (Å²) in [5.74, 6) is 0.710. The number of benzene rings is 1. The number of likely N-dealkylation sites (N-methyl/N-ethyl adjacent to an activating group) is 1. The average Bonchev–Trinajstić information content (AvgIpc) is 2.92. The predicted octanol–water partition coefficient (Wildman–Crippen LogP) is 1.52. The van der Waals surface area contributed by atoms with Crippen LogP contribution in [-0.4, -0.2) is 33.8 Å². The van der Waals surface area contributed by atoms with Crippen molar-refractivity contribution < 1.29 is 4.79 Å². The number of hydrogen-bond donors (Lipinski definition) is 1. The number of amides is 1. The van der Waals surface area contributed by atoms with Crippen molar-refractivity contribution >= 4 is 11.6 Å². The molecule has 0 fully saturated rings. The molecule has 1 aromatic carbocycles. The maximum absolute atomic E-state index is 12.2. The Morgan fingerprint density at radius 2 is 2.10 bits per heavy atom. The van der Waals surface area contributed by atoms with E-state index >= 15 is 0 Å². The predicted molar refractivity (Wildman–Crippen MR) is 81.9 cm³/mol. The summed E-state index contributed by atoms with van der Waals surface area (Å²) < 4.78 is 1.81. The quantitative estimate of drug-likeness (QED) is 0.875. The van der Waals surface area contributed by atoms with Crippen molar-refractivity contribution in [2.75, 3.05) is 18.0 Å². The van der Waals surface area contributed by atoms with Gasteiger partial charge >= 0.3 is 0 Å². The summed E-state index contributed by atoms with van der Waals surface area (Å²) in [6.07, 6.45) is 1.63. The van der Waals surface area contributed by atoms with Crippen LogP contribution in [0.5, 0.6) is 0 Å². The van der Waals surface area contributed by atoms with E-state index in [4.69, 9.17) is 0 Å². The van der Waals surface area contributed by atoms with Crippen molar-refractivity contribution in [2.24, 2.45) is 7.05 Å². The summed E-state index contributed by atoms with van der Waals surface area (Å²) in [5.41, 5.74) is 1.04. The highest BCUT2D eigenvalue weighted by Gasteiger charge is 2.16. The Morgan fingerprint density at radius 1 is 1.38 bits per heavy atom. The normalized spacial score (nSPS) is 12.0. The average molecular weight is 287 g/mol. The van der Waals surface area contributed by atoms with Crippen LogP contribution in [0.3, 0.4) is 0 Å². The Bertz CT molecular complexity index is 581. The Morgan fingerprint density at radius 3 is 2.67 bits per heavy atom. The molecule has 2 rings (SSSR count). The van der Waals surface area contributed by atoms with E-state index in [0.717, 1.165) is 18.1 Å². The summed E-state index contributed by atoms with van der Waals surface area (Å²) in [5, 5.41) is 10.8. The van der Waals surface area contributed by atoms with Gasteiger partial charge in [-0.2, -0.15) is 0 Å². The van der Waals surface area contributed by atoms with Gasteiger partial charge in [0.25, 0.3) is 0 Å². The van der Waals surface area contributed by atoms with Gasteiger partial charge in [-0.05, 0) is 26.0 Å². The Labute approximate surface area is 124 Å². The molecule has 0 saturated heterocycles. The number of anilines is 1. The molecular formula is C15H21N5O. The summed E-state index contributed by atoms with van der Waals surface area (Å²) >= 11 is 0. The van der Waals surface area contributed by atoms with Crippen molar-refractivity contribution in [3.8, 4) is 0 Å². The number of nitrogens with zero attached hydrogens (tertiary/aromatic N) is 4. The van der Waals surface area contributed by atoms with E-state index in [1.807, 2.05) is 56.1 Å². The SMILES string of the molecule is CCN(CC(=O)N[C@H](C)c1nncn1C)c1ccccc1. The maximum atomic E-state index is 12.2. The summed E-state index contributed by atoms with van der Waals surface area (Å²) in [6.45, 7) is 5.03. The number of carbonyl (C=O) groups excluding carboxylic acids is 1. The Kier molecular flexibility index (Phi) is 4.92. The molecule has 1 aromatic heterocycles. The number of aromatic nitrogens is 3. The third-order valence-corrected chi connectivity index (χ3v) is 3.35. The molecule has 21 heavy (non-hydrogen) atoms. The third kappa shape index (κ3) is 3.81. The van der Waals surface area contributed by atoms with E-state index in [-0.39, 0.29) is 11.9 Å². The number of hydrogen-bond acceptors (Lipinski definition) is 4. The van der Waals surface area contributed by atoms with E-state index in [1.165, 1.54) is 0 Å². The lowest BCUT2D eigenvalue weighted by Crippen LogP contribution is -2.38. The molecule has 0 unspecified atom stereocenters. The van der Waals surface area contributed by atoms with Crippen LogP contribution in [0.4, 0.5) is 5.69 Å². The summed E-state index contributed by atoms with van der Waals surface area (Å²) in [7, 11) is 1.86. The van der Waals surface area contributed by atoms with Crippen molar-refractivity contribution in [3.63, 3.8) is 0 Å². The molecule has 2 aromatic rings. The van der Waals surface area contributed by atoms with Gasteiger partial charge in [0.15, 0.2) is 5.82 Å². The van der Waals surface area contributed by atoms with E-state index in [2.05, 4.69) is 15.5 Å². The lowest BCUT2D eigenvalue weighted by molar-refractivity contribution is -0.120. The van der Waals surface area contributed by atoms with E-state index in [9.17, 15) is 4.79 Å². The summed E-state index contributed by atoms with van der Waals surface area (Å²) in [6, 6.07) is 9.75. The van der Waals surface area contributed by atoms with Crippen molar-refractivity contribution in [1.29, 1.82) is 0 Å². The fourth-order valence-corrected chi connectivity index (χ4v) is 2.23. The molecule has 0 saturated carbocycles. The van der Waals surface area contributed by atoms with Gasteiger partial charge in [0.2, 0.25) is 5.91 Å². The molecule has 0 aliphatic heterocycles.